The zero-order valence-electron chi connectivity index (χ0n) is 7.56. The van der Waals surface area contributed by atoms with Crippen molar-refractivity contribution in [3.8, 4) is 0 Å². The number of anilines is 1. The first-order valence-electron chi connectivity index (χ1n) is 4.30. The molecule has 0 saturated carbocycles. The highest BCUT2D eigenvalue weighted by Crippen LogP contribution is 2.28. The van der Waals surface area contributed by atoms with Crippen molar-refractivity contribution >= 4 is 29.7 Å². The van der Waals surface area contributed by atoms with Crippen molar-refractivity contribution in [1.29, 1.82) is 0 Å². The maximum atomic E-state index is 5.95. The minimum Gasteiger partial charge on any atom is -0.385 e. The van der Waals surface area contributed by atoms with Gasteiger partial charge in [-0.25, -0.2) is 0 Å². The van der Waals surface area contributed by atoms with Gasteiger partial charge in [-0.05, 0) is 43.0 Å². The number of rotatable bonds is 0. The molecular weight excluding hydrogens is 205 g/mol. The number of aryl methyl sites for hydroxylation is 2. The average molecular weight is 218 g/mol. The molecule has 72 valence electrons. The average Bonchev–Trinajstić information content (AvgIpc) is 2.04. The summed E-state index contributed by atoms with van der Waals surface area (Å²) in [4.78, 5) is 0. The monoisotopic (exact) mass is 217 g/mol. The van der Waals surface area contributed by atoms with Gasteiger partial charge >= 0.3 is 0 Å². The third kappa shape index (κ3) is 2.09. The third-order valence-electron chi connectivity index (χ3n) is 2.31. The topological polar surface area (TPSA) is 12.0 Å². The fourth-order valence-electron chi connectivity index (χ4n) is 1.75. The lowest BCUT2D eigenvalue weighted by atomic mass is 10.0. The van der Waals surface area contributed by atoms with Gasteiger partial charge in [0.25, 0.3) is 0 Å². The summed E-state index contributed by atoms with van der Waals surface area (Å²) < 4.78 is 0. The molecule has 2 rings (SSSR count). The predicted octanol–water partition coefficient (Wildman–Crippen LogP) is 3.43. The largest absolute Gasteiger partial charge is 0.385 e. The second-order valence-corrected chi connectivity index (χ2v) is 3.72. The second kappa shape index (κ2) is 4.21. The van der Waals surface area contributed by atoms with Gasteiger partial charge in [0, 0.05) is 17.3 Å². The number of hydrogen-bond acceptors (Lipinski definition) is 1. The number of halogens is 2. The van der Waals surface area contributed by atoms with Crippen LogP contribution < -0.4 is 5.32 Å². The van der Waals surface area contributed by atoms with Crippen molar-refractivity contribution in [3.05, 3.63) is 28.3 Å². The van der Waals surface area contributed by atoms with Crippen molar-refractivity contribution in [2.24, 2.45) is 0 Å². The van der Waals surface area contributed by atoms with E-state index in [0.29, 0.717) is 0 Å². The molecule has 0 fully saturated rings. The van der Waals surface area contributed by atoms with E-state index >= 15 is 0 Å². The summed E-state index contributed by atoms with van der Waals surface area (Å²) in [6.07, 6.45) is 2.37. The minimum atomic E-state index is 0. The van der Waals surface area contributed by atoms with Crippen LogP contribution in [-0.4, -0.2) is 6.54 Å². The number of hydrogen-bond donors (Lipinski definition) is 1. The highest BCUT2D eigenvalue weighted by atomic mass is 35.5. The molecule has 0 atom stereocenters. The first kappa shape index (κ1) is 10.7. The van der Waals surface area contributed by atoms with Crippen LogP contribution in [0.15, 0.2) is 12.1 Å². The molecule has 1 aromatic carbocycles. The molecule has 1 aromatic rings. The lowest BCUT2D eigenvalue weighted by molar-refractivity contribution is 0.827. The van der Waals surface area contributed by atoms with E-state index < -0.39 is 0 Å². The predicted molar refractivity (Wildman–Crippen MR) is 60.2 cm³/mol. The Hall–Kier alpha value is -0.400. The minimum absolute atomic E-state index is 0. The van der Waals surface area contributed by atoms with Gasteiger partial charge in [-0.3, -0.25) is 0 Å². The third-order valence-corrected chi connectivity index (χ3v) is 2.52. The molecule has 1 N–H and O–H groups in total. The summed E-state index contributed by atoms with van der Waals surface area (Å²) in [5.74, 6) is 0. The Kier molecular flexibility index (Phi) is 3.46. The number of benzene rings is 1. The van der Waals surface area contributed by atoms with Crippen molar-refractivity contribution in [2.45, 2.75) is 19.8 Å². The maximum Gasteiger partial charge on any atom is 0.0412 e. The van der Waals surface area contributed by atoms with Crippen LogP contribution in [0, 0.1) is 6.92 Å². The summed E-state index contributed by atoms with van der Waals surface area (Å²) in [5.41, 5.74) is 3.93. The molecule has 0 unspecified atom stereocenters. The van der Waals surface area contributed by atoms with Gasteiger partial charge in [-0.15, -0.1) is 12.4 Å². The summed E-state index contributed by atoms with van der Waals surface area (Å²) in [6.45, 7) is 3.19. The van der Waals surface area contributed by atoms with Crippen LogP contribution in [0.25, 0.3) is 0 Å². The van der Waals surface area contributed by atoms with Gasteiger partial charge < -0.3 is 5.32 Å². The van der Waals surface area contributed by atoms with E-state index in [0.717, 1.165) is 18.0 Å². The molecule has 1 aliphatic heterocycles. The molecule has 0 aromatic heterocycles. The van der Waals surface area contributed by atoms with E-state index in [1.807, 2.05) is 6.07 Å². The molecule has 3 heteroatoms. The first-order valence-corrected chi connectivity index (χ1v) is 4.68. The van der Waals surface area contributed by atoms with Crippen LogP contribution in [0.3, 0.4) is 0 Å². The van der Waals surface area contributed by atoms with Gasteiger partial charge in [-0.1, -0.05) is 11.6 Å². The Balaban J connectivity index is 0.000000845. The summed E-state index contributed by atoms with van der Waals surface area (Å²) in [6, 6.07) is 4.08. The van der Waals surface area contributed by atoms with E-state index in [9.17, 15) is 0 Å². The quantitative estimate of drug-likeness (QED) is 0.703. The smallest absolute Gasteiger partial charge is 0.0412 e. The second-order valence-electron chi connectivity index (χ2n) is 3.29. The highest BCUT2D eigenvalue weighted by molar-refractivity contribution is 6.30. The molecular formula is C10H13Cl2N. The molecule has 0 radical (unpaired) electrons. The maximum absolute atomic E-state index is 5.95. The van der Waals surface area contributed by atoms with E-state index in [1.165, 1.54) is 23.2 Å². The van der Waals surface area contributed by atoms with Gasteiger partial charge in [0.1, 0.15) is 0 Å². The van der Waals surface area contributed by atoms with Gasteiger partial charge in [0.05, 0.1) is 0 Å². The van der Waals surface area contributed by atoms with E-state index in [4.69, 9.17) is 11.6 Å². The van der Waals surface area contributed by atoms with E-state index in [-0.39, 0.29) is 12.4 Å². The van der Waals surface area contributed by atoms with Gasteiger partial charge in [0.2, 0.25) is 0 Å². The normalized spacial score (nSPS) is 14.0. The molecule has 13 heavy (non-hydrogen) atoms. The molecule has 0 saturated heterocycles. The van der Waals surface area contributed by atoms with Crippen LogP contribution in [-0.2, 0) is 6.42 Å². The standard InChI is InChI=1S/C10H12ClN.ClH/c1-7-5-9(11)6-8-3-2-4-12-10(7)8;/h5-6,12H,2-4H2,1H3;1H. The van der Waals surface area contributed by atoms with Crippen LogP contribution in [0.1, 0.15) is 17.5 Å². The van der Waals surface area contributed by atoms with Crippen LogP contribution in [0.2, 0.25) is 5.02 Å². The lowest BCUT2D eigenvalue weighted by Gasteiger charge is -2.20. The van der Waals surface area contributed by atoms with Crippen molar-refractivity contribution < 1.29 is 0 Å². The molecule has 0 bridgehead atoms. The van der Waals surface area contributed by atoms with Crippen molar-refractivity contribution in [3.63, 3.8) is 0 Å². The zero-order chi connectivity index (χ0) is 8.55. The highest BCUT2D eigenvalue weighted by Gasteiger charge is 2.10. The Morgan fingerprint density at radius 3 is 2.92 bits per heavy atom. The molecule has 0 amide bonds. The van der Waals surface area contributed by atoms with Crippen LogP contribution in [0.5, 0.6) is 0 Å². The lowest BCUT2D eigenvalue weighted by Crippen LogP contribution is -2.12. The molecule has 1 aliphatic rings. The Bertz CT molecular complexity index is 310. The fourth-order valence-corrected chi connectivity index (χ4v) is 2.05. The van der Waals surface area contributed by atoms with Crippen molar-refractivity contribution in [1.82, 2.24) is 0 Å². The van der Waals surface area contributed by atoms with Crippen LogP contribution >= 0.6 is 24.0 Å². The summed E-state index contributed by atoms with van der Waals surface area (Å²) in [7, 11) is 0. The van der Waals surface area contributed by atoms with Crippen LogP contribution in [0.4, 0.5) is 5.69 Å². The summed E-state index contributed by atoms with van der Waals surface area (Å²) in [5, 5.41) is 4.26. The summed E-state index contributed by atoms with van der Waals surface area (Å²) >= 11 is 5.95. The SMILES string of the molecule is Cc1cc(Cl)cc2c1NCCC2.Cl. The zero-order valence-corrected chi connectivity index (χ0v) is 9.13. The molecule has 1 heterocycles. The van der Waals surface area contributed by atoms with E-state index in [2.05, 4.69) is 18.3 Å². The van der Waals surface area contributed by atoms with Gasteiger partial charge in [0.15, 0.2) is 0 Å². The van der Waals surface area contributed by atoms with E-state index in [1.54, 1.807) is 0 Å². The Morgan fingerprint density at radius 1 is 1.38 bits per heavy atom. The van der Waals surface area contributed by atoms with Gasteiger partial charge in [-0.2, -0.15) is 0 Å². The molecule has 0 spiro atoms. The number of fused-ring (bicyclic) bond motifs is 1. The first-order chi connectivity index (χ1) is 5.77. The fraction of sp³-hybridized carbons (Fsp3) is 0.400. The number of nitrogens with one attached hydrogen (secondary N) is 1. The molecule has 0 aliphatic carbocycles. The Morgan fingerprint density at radius 2 is 2.15 bits per heavy atom. The van der Waals surface area contributed by atoms with Crippen molar-refractivity contribution in [2.75, 3.05) is 11.9 Å². The molecule has 1 nitrogen and oxygen atoms in total. The Labute approximate surface area is 89.9 Å².